The summed E-state index contributed by atoms with van der Waals surface area (Å²) in [5, 5.41) is 23.9. The number of fused-ring (bicyclic) bond motifs is 1. The molecule has 7 heteroatoms. The van der Waals surface area contributed by atoms with Crippen molar-refractivity contribution in [1.82, 2.24) is 4.98 Å². The zero-order valence-electron chi connectivity index (χ0n) is 21.8. The first-order valence-corrected chi connectivity index (χ1v) is 12.3. The molecule has 3 N–H and O–H groups in total. The molecular weight excluding hydrogens is 468 g/mol. The first-order chi connectivity index (χ1) is 17.5. The first kappa shape index (κ1) is 26.1. The number of carboxylic acid groups (broad SMARTS) is 1. The average Bonchev–Trinajstić information content (AvgIpc) is 2.82. The molecular formula is C30H32N2O5. The lowest BCUT2D eigenvalue weighted by atomic mass is 9.85. The summed E-state index contributed by atoms with van der Waals surface area (Å²) in [7, 11) is 0. The molecule has 0 radical (unpaired) electrons. The second-order valence-electron chi connectivity index (χ2n) is 10.2. The Morgan fingerprint density at radius 1 is 1.08 bits per heavy atom. The van der Waals surface area contributed by atoms with Crippen molar-refractivity contribution in [3.05, 3.63) is 65.4 Å². The predicted octanol–water partition coefficient (Wildman–Crippen LogP) is 5.66. The van der Waals surface area contributed by atoms with E-state index >= 15 is 0 Å². The fraction of sp³-hybridized carbons (Fsp3) is 0.300. The van der Waals surface area contributed by atoms with E-state index in [0.717, 1.165) is 50.5 Å². The number of aromatic nitrogens is 1. The highest BCUT2D eigenvalue weighted by molar-refractivity contribution is 6.14. The minimum atomic E-state index is -0.933. The number of nitrogens with one attached hydrogen (secondary N) is 1. The Morgan fingerprint density at radius 3 is 2.41 bits per heavy atom. The van der Waals surface area contributed by atoms with Gasteiger partial charge in [0.25, 0.3) is 0 Å². The number of amides is 1. The van der Waals surface area contributed by atoms with E-state index in [-0.39, 0.29) is 12.3 Å². The second-order valence-corrected chi connectivity index (χ2v) is 10.2. The minimum absolute atomic E-state index is 0.169. The lowest BCUT2D eigenvalue weighted by molar-refractivity contribution is -0.136. The molecule has 1 aliphatic heterocycles. The summed E-state index contributed by atoms with van der Waals surface area (Å²) in [6.07, 6.45) is 2.44. The van der Waals surface area contributed by atoms with Gasteiger partial charge in [0.2, 0.25) is 5.91 Å². The van der Waals surface area contributed by atoms with Crippen LogP contribution in [0.15, 0.2) is 48.7 Å². The van der Waals surface area contributed by atoms with Crippen molar-refractivity contribution in [2.45, 2.75) is 53.1 Å². The SMILES string of the molecule is CC(=O)Nc1c(C)c(CC(=O)O)c(-c2ccc3c4c(ccnc24)CCO3)c2ccccc12.CC(C)(C)O. The Morgan fingerprint density at radius 2 is 1.76 bits per heavy atom. The molecule has 1 amide bonds. The number of carbonyl (C=O) groups is 2. The van der Waals surface area contributed by atoms with E-state index in [9.17, 15) is 14.7 Å². The molecule has 0 fully saturated rings. The molecule has 1 aliphatic rings. The van der Waals surface area contributed by atoms with Crippen LogP contribution in [0.5, 0.6) is 5.75 Å². The van der Waals surface area contributed by atoms with Gasteiger partial charge in [-0.3, -0.25) is 14.6 Å². The number of nitrogens with zero attached hydrogens (tertiary/aromatic N) is 1. The van der Waals surface area contributed by atoms with Crippen LogP contribution in [0.3, 0.4) is 0 Å². The molecule has 4 aromatic rings. The molecule has 0 spiro atoms. The van der Waals surface area contributed by atoms with Crippen LogP contribution in [0.25, 0.3) is 32.8 Å². The number of ether oxygens (including phenoxy) is 1. The molecule has 2 heterocycles. The van der Waals surface area contributed by atoms with Crippen molar-refractivity contribution >= 4 is 39.2 Å². The molecule has 0 saturated heterocycles. The van der Waals surface area contributed by atoms with E-state index in [1.807, 2.05) is 49.4 Å². The molecule has 37 heavy (non-hydrogen) atoms. The molecule has 0 bridgehead atoms. The molecule has 3 aromatic carbocycles. The van der Waals surface area contributed by atoms with E-state index in [0.29, 0.717) is 17.9 Å². The van der Waals surface area contributed by atoms with E-state index in [2.05, 4.69) is 5.32 Å². The summed E-state index contributed by atoms with van der Waals surface area (Å²) in [5.41, 5.74) is 5.22. The monoisotopic (exact) mass is 500 g/mol. The quantitative estimate of drug-likeness (QED) is 0.334. The largest absolute Gasteiger partial charge is 0.493 e. The first-order valence-electron chi connectivity index (χ1n) is 12.3. The number of rotatable bonds is 4. The molecule has 0 saturated carbocycles. The number of carbonyl (C=O) groups excluding carboxylic acids is 1. The average molecular weight is 501 g/mol. The van der Waals surface area contributed by atoms with Crippen LogP contribution in [-0.4, -0.2) is 39.3 Å². The summed E-state index contributed by atoms with van der Waals surface area (Å²) < 4.78 is 5.87. The van der Waals surface area contributed by atoms with Gasteiger partial charge >= 0.3 is 5.97 Å². The van der Waals surface area contributed by atoms with Crippen molar-refractivity contribution in [2.75, 3.05) is 11.9 Å². The zero-order valence-corrected chi connectivity index (χ0v) is 21.8. The van der Waals surface area contributed by atoms with Crippen molar-refractivity contribution in [3.8, 4) is 16.9 Å². The molecule has 7 nitrogen and oxygen atoms in total. The molecule has 0 unspecified atom stereocenters. The number of hydrogen-bond donors (Lipinski definition) is 3. The number of aliphatic hydroxyl groups is 1. The minimum Gasteiger partial charge on any atom is -0.493 e. The van der Waals surface area contributed by atoms with Gasteiger partial charge < -0.3 is 20.3 Å². The maximum atomic E-state index is 11.9. The van der Waals surface area contributed by atoms with Gasteiger partial charge in [0.1, 0.15) is 5.75 Å². The maximum absolute atomic E-state index is 11.9. The van der Waals surface area contributed by atoms with Crippen LogP contribution in [0.4, 0.5) is 5.69 Å². The number of pyridine rings is 1. The summed E-state index contributed by atoms with van der Waals surface area (Å²) in [4.78, 5) is 28.5. The van der Waals surface area contributed by atoms with Crippen LogP contribution in [0.2, 0.25) is 0 Å². The van der Waals surface area contributed by atoms with E-state index in [4.69, 9.17) is 14.8 Å². The Balaban J connectivity index is 0.000000586. The van der Waals surface area contributed by atoms with Gasteiger partial charge in [-0.2, -0.15) is 0 Å². The van der Waals surface area contributed by atoms with Gasteiger partial charge in [-0.1, -0.05) is 24.3 Å². The predicted molar refractivity (Wildman–Crippen MR) is 146 cm³/mol. The third-order valence-corrected chi connectivity index (χ3v) is 6.06. The molecule has 0 atom stereocenters. The summed E-state index contributed by atoms with van der Waals surface area (Å²) in [5.74, 6) is -0.334. The fourth-order valence-corrected chi connectivity index (χ4v) is 4.74. The highest BCUT2D eigenvalue weighted by atomic mass is 16.5. The van der Waals surface area contributed by atoms with Crippen molar-refractivity contribution in [1.29, 1.82) is 0 Å². The number of benzene rings is 3. The van der Waals surface area contributed by atoms with E-state index in [1.54, 1.807) is 27.0 Å². The van der Waals surface area contributed by atoms with Crippen LogP contribution in [0.1, 0.15) is 44.4 Å². The van der Waals surface area contributed by atoms with Gasteiger partial charge in [-0.05, 0) is 73.5 Å². The van der Waals surface area contributed by atoms with Crippen LogP contribution < -0.4 is 10.1 Å². The molecule has 1 aromatic heterocycles. The summed E-state index contributed by atoms with van der Waals surface area (Å²) >= 11 is 0. The van der Waals surface area contributed by atoms with Gasteiger partial charge in [-0.25, -0.2) is 0 Å². The van der Waals surface area contributed by atoms with Gasteiger partial charge in [0, 0.05) is 35.9 Å². The highest BCUT2D eigenvalue weighted by Crippen LogP contribution is 2.44. The van der Waals surface area contributed by atoms with Crippen molar-refractivity contribution in [3.63, 3.8) is 0 Å². The second kappa shape index (κ2) is 10.2. The Labute approximate surface area is 216 Å². The van der Waals surface area contributed by atoms with Crippen LogP contribution in [-0.2, 0) is 22.4 Å². The molecule has 192 valence electrons. The standard InChI is InChI=1S/C26H22N2O4.C4H10O/c1-14-20(13-22(30)31)24(17-5-3-4-6-18(17)25(14)28-15(2)29)19-7-8-21-23-16(10-12-32-21)9-11-27-26(19)23;1-4(2,3)5/h3-9,11H,10,12-13H2,1-2H3,(H,28,29)(H,30,31);5H,1-3H3. The van der Waals surface area contributed by atoms with Crippen molar-refractivity contribution in [2.24, 2.45) is 0 Å². The van der Waals surface area contributed by atoms with Gasteiger partial charge in [0.05, 0.1) is 29.8 Å². The lowest BCUT2D eigenvalue weighted by Gasteiger charge is -2.23. The third kappa shape index (κ3) is 5.57. The number of anilines is 1. The molecule has 5 rings (SSSR count). The fourth-order valence-electron chi connectivity index (χ4n) is 4.74. The number of aliphatic carboxylic acids is 1. The molecule has 0 aliphatic carbocycles. The Bertz CT molecular complexity index is 1500. The third-order valence-electron chi connectivity index (χ3n) is 6.06. The van der Waals surface area contributed by atoms with E-state index < -0.39 is 11.6 Å². The maximum Gasteiger partial charge on any atom is 0.307 e. The smallest absolute Gasteiger partial charge is 0.307 e. The van der Waals surface area contributed by atoms with E-state index in [1.165, 1.54) is 12.5 Å². The number of carboxylic acids is 1. The van der Waals surface area contributed by atoms with Crippen molar-refractivity contribution < 1.29 is 24.5 Å². The van der Waals surface area contributed by atoms with Crippen LogP contribution >= 0.6 is 0 Å². The summed E-state index contributed by atoms with van der Waals surface area (Å²) in [6, 6.07) is 13.7. The van der Waals surface area contributed by atoms with Gasteiger partial charge in [0.15, 0.2) is 0 Å². The summed E-state index contributed by atoms with van der Waals surface area (Å²) in [6.45, 7) is 9.17. The Hall–Kier alpha value is -3.97. The zero-order chi connectivity index (χ0) is 26.9. The topological polar surface area (TPSA) is 109 Å². The number of hydrogen-bond acceptors (Lipinski definition) is 5. The van der Waals surface area contributed by atoms with Gasteiger partial charge in [-0.15, -0.1) is 0 Å². The normalized spacial score (nSPS) is 12.5. The lowest BCUT2D eigenvalue weighted by Crippen LogP contribution is -2.12. The Kier molecular flexibility index (Phi) is 7.18. The van der Waals surface area contributed by atoms with Crippen LogP contribution in [0, 0.1) is 6.92 Å². The highest BCUT2D eigenvalue weighted by Gasteiger charge is 2.24.